The minimum Gasteiger partial charge on any atom is -0.352 e. The van der Waals surface area contributed by atoms with Gasteiger partial charge in [0, 0.05) is 19.0 Å². The number of hydrogen-bond donors (Lipinski definition) is 2. The average molecular weight is 212 g/mol. The molecule has 0 aromatic rings. The number of amides is 1. The summed E-state index contributed by atoms with van der Waals surface area (Å²) in [5.74, 6) is 0.800. The minimum atomic E-state index is 0.0457. The maximum absolute atomic E-state index is 11.7. The van der Waals surface area contributed by atoms with E-state index in [0.717, 1.165) is 0 Å². The second-order valence-electron chi connectivity index (χ2n) is 5.72. The normalized spacial score (nSPS) is 19.5. The molecule has 0 spiro atoms. The van der Waals surface area contributed by atoms with Gasteiger partial charge in [-0.1, -0.05) is 27.2 Å². The fourth-order valence-corrected chi connectivity index (χ4v) is 1.84. The quantitative estimate of drug-likeness (QED) is 0.744. The summed E-state index contributed by atoms with van der Waals surface area (Å²) in [5.41, 5.74) is 5.72. The summed E-state index contributed by atoms with van der Waals surface area (Å²) < 4.78 is 0. The van der Waals surface area contributed by atoms with Crippen molar-refractivity contribution >= 4 is 5.91 Å². The summed E-state index contributed by atoms with van der Waals surface area (Å²) in [7, 11) is 0. The highest BCUT2D eigenvalue weighted by Crippen LogP contribution is 2.29. The molecule has 1 aliphatic carbocycles. The Balaban J connectivity index is 2.33. The van der Waals surface area contributed by atoms with Gasteiger partial charge in [0.25, 0.3) is 0 Å². The maximum atomic E-state index is 11.7. The van der Waals surface area contributed by atoms with Crippen LogP contribution in [0.1, 0.15) is 46.5 Å². The summed E-state index contributed by atoms with van der Waals surface area (Å²) in [6, 6.07) is 0.0880. The number of carbonyl (C=O) groups excluding carboxylic acids is 1. The molecular formula is C12H24N2O. The standard InChI is InChI=1S/C12H24N2O/c1-12(2,3)10(8-13)14-11(15)7-9-5-4-6-9/h9-10H,4-8,13H2,1-3H3,(H,14,15). The Labute approximate surface area is 92.8 Å². The lowest BCUT2D eigenvalue weighted by atomic mass is 9.82. The first kappa shape index (κ1) is 12.5. The molecule has 1 rings (SSSR count). The van der Waals surface area contributed by atoms with E-state index in [2.05, 4.69) is 26.1 Å². The Morgan fingerprint density at radius 1 is 1.47 bits per heavy atom. The van der Waals surface area contributed by atoms with Gasteiger partial charge in [0.15, 0.2) is 0 Å². The summed E-state index contributed by atoms with van der Waals surface area (Å²) in [4.78, 5) is 11.7. The zero-order valence-electron chi connectivity index (χ0n) is 10.2. The third-order valence-corrected chi connectivity index (χ3v) is 3.32. The molecular weight excluding hydrogens is 188 g/mol. The van der Waals surface area contributed by atoms with Crippen LogP contribution in [0.4, 0.5) is 0 Å². The van der Waals surface area contributed by atoms with E-state index in [-0.39, 0.29) is 17.4 Å². The molecule has 0 aromatic heterocycles. The van der Waals surface area contributed by atoms with Gasteiger partial charge in [-0.25, -0.2) is 0 Å². The first-order valence-electron chi connectivity index (χ1n) is 5.93. The van der Waals surface area contributed by atoms with E-state index in [4.69, 9.17) is 5.73 Å². The number of nitrogens with two attached hydrogens (primary N) is 1. The molecule has 0 aliphatic heterocycles. The second-order valence-corrected chi connectivity index (χ2v) is 5.72. The van der Waals surface area contributed by atoms with Crippen LogP contribution in [0.3, 0.4) is 0 Å². The lowest BCUT2D eigenvalue weighted by Gasteiger charge is -2.32. The minimum absolute atomic E-state index is 0.0457. The summed E-state index contributed by atoms with van der Waals surface area (Å²) in [6.07, 6.45) is 4.41. The van der Waals surface area contributed by atoms with E-state index >= 15 is 0 Å². The van der Waals surface area contributed by atoms with Crippen LogP contribution in [0.2, 0.25) is 0 Å². The summed E-state index contributed by atoms with van der Waals surface area (Å²) in [6.45, 7) is 6.83. The lowest BCUT2D eigenvalue weighted by molar-refractivity contribution is -0.124. The van der Waals surface area contributed by atoms with Gasteiger partial charge in [0.05, 0.1) is 0 Å². The number of nitrogens with one attached hydrogen (secondary N) is 1. The molecule has 1 unspecified atom stereocenters. The van der Waals surface area contributed by atoms with Crippen molar-refractivity contribution in [2.24, 2.45) is 17.1 Å². The van der Waals surface area contributed by atoms with Crippen molar-refractivity contribution in [2.75, 3.05) is 6.54 Å². The van der Waals surface area contributed by atoms with Crippen LogP contribution >= 0.6 is 0 Å². The Hall–Kier alpha value is -0.570. The number of carbonyl (C=O) groups is 1. The number of rotatable bonds is 4. The molecule has 3 nitrogen and oxygen atoms in total. The molecule has 1 saturated carbocycles. The van der Waals surface area contributed by atoms with Gasteiger partial charge in [0.2, 0.25) is 5.91 Å². The Morgan fingerprint density at radius 2 is 2.07 bits per heavy atom. The maximum Gasteiger partial charge on any atom is 0.220 e. The van der Waals surface area contributed by atoms with Gasteiger partial charge in [-0.2, -0.15) is 0 Å². The molecule has 1 atom stereocenters. The molecule has 15 heavy (non-hydrogen) atoms. The van der Waals surface area contributed by atoms with E-state index in [0.29, 0.717) is 18.9 Å². The Bertz CT molecular complexity index is 216. The van der Waals surface area contributed by atoms with Crippen LogP contribution in [0.25, 0.3) is 0 Å². The fraction of sp³-hybridized carbons (Fsp3) is 0.917. The third-order valence-electron chi connectivity index (χ3n) is 3.32. The van der Waals surface area contributed by atoms with Crippen molar-refractivity contribution in [3.8, 4) is 0 Å². The highest BCUT2D eigenvalue weighted by molar-refractivity contribution is 5.76. The van der Waals surface area contributed by atoms with Gasteiger partial charge in [-0.05, 0) is 24.2 Å². The van der Waals surface area contributed by atoms with Crippen molar-refractivity contribution in [1.29, 1.82) is 0 Å². The predicted octanol–water partition coefficient (Wildman–Crippen LogP) is 1.67. The first-order valence-corrected chi connectivity index (χ1v) is 5.93. The Kier molecular flexibility index (Phi) is 4.14. The fourth-order valence-electron chi connectivity index (χ4n) is 1.84. The molecule has 3 N–H and O–H groups in total. The molecule has 1 fully saturated rings. The molecule has 1 amide bonds. The molecule has 88 valence electrons. The van der Waals surface area contributed by atoms with Crippen molar-refractivity contribution in [1.82, 2.24) is 5.32 Å². The highest BCUT2D eigenvalue weighted by Gasteiger charge is 2.27. The lowest BCUT2D eigenvalue weighted by Crippen LogP contribution is -2.48. The van der Waals surface area contributed by atoms with Gasteiger partial charge in [0.1, 0.15) is 0 Å². The van der Waals surface area contributed by atoms with E-state index in [9.17, 15) is 4.79 Å². The summed E-state index contributed by atoms with van der Waals surface area (Å²) in [5, 5.41) is 3.04. The van der Waals surface area contributed by atoms with E-state index < -0.39 is 0 Å². The van der Waals surface area contributed by atoms with Crippen LogP contribution in [0.5, 0.6) is 0 Å². The van der Waals surface area contributed by atoms with Gasteiger partial charge < -0.3 is 11.1 Å². The van der Waals surface area contributed by atoms with Crippen LogP contribution in [-0.2, 0) is 4.79 Å². The van der Waals surface area contributed by atoms with Gasteiger partial charge in [-0.15, -0.1) is 0 Å². The largest absolute Gasteiger partial charge is 0.352 e. The molecule has 0 aromatic carbocycles. The van der Waals surface area contributed by atoms with Crippen LogP contribution < -0.4 is 11.1 Å². The molecule has 0 heterocycles. The number of hydrogen-bond acceptors (Lipinski definition) is 2. The summed E-state index contributed by atoms with van der Waals surface area (Å²) >= 11 is 0. The zero-order valence-corrected chi connectivity index (χ0v) is 10.2. The van der Waals surface area contributed by atoms with E-state index in [1.54, 1.807) is 0 Å². The van der Waals surface area contributed by atoms with Crippen LogP contribution in [0.15, 0.2) is 0 Å². The van der Waals surface area contributed by atoms with E-state index in [1.165, 1.54) is 19.3 Å². The molecule has 0 radical (unpaired) electrons. The van der Waals surface area contributed by atoms with Crippen molar-refractivity contribution in [2.45, 2.75) is 52.5 Å². The molecule has 1 aliphatic rings. The molecule has 0 saturated heterocycles. The SMILES string of the molecule is CC(C)(C)C(CN)NC(=O)CC1CCC1. The van der Waals surface area contributed by atoms with Gasteiger partial charge >= 0.3 is 0 Å². The average Bonchev–Trinajstić information content (AvgIpc) is 2.05. The van der Waals surface area contributed by atoms with Crippen molar-refractivity contribution in [3.05, 3.63) is 0 Å². The predicted molar refractivity (Wildman–Crippen MR) is 62.4 cm³/mol. The Morgan fingerprint density at radius 3 is 2.40 bits per heavy atom. The smallest absolute Gasteiger partial charge is 0.220 e. The van der Waals surface area contributed by atoms with E-state index in [1.807, 2.05) is 0 Å². The first-order chi connectivity index (χ1) is 6.93. The third kappa shape index (κ3) is 3.82. The monoisotopic (exact) mass is 212 g/mol. The second kappa shape index (κ2) is 4.97. The van der Waals surface area contributed by atoms with Crippen molar-refractivity contribution < 1.29 is 4.79 Å². The zero-order chi connectivity index (χ0) is 11.5. The van der Waals surface area contributed by atoms with Gasteiger partial charge in [-0.3, -0.25) is 4.79 Å². The van der Waals surface area contributed by atoms with Crippen LogP contribution in [-0.4, -0.2) is 18.5 Å². The molecule has 3 heteroatoms. The highest BCUT2D eigenvalue weighted by atomic mass is 16.1. The van der Waals surface area contributed by atoms with Crippen LogP contribution in [0, 0.1) is 11.3 Å². The van der Waals surface area contributed by atoms with Crippen molar-refractivity contribution in [3.63, 3.8) is 0 Å². The topological polar surface area (TPSA) is 55.1 Å². The molecule has 0 bridgehead atoms.